The Hall–Kier alpha value is -2.38. The van der Waals surface area contributed by atoms with Gasteiger partial charge in [-0.2, -0.15) is 13.2 Å². The van der Waals surface area contributed by atoms with Gasteiger partial charge in [-0.25, -0.2) is 14.8 Å². The fourth-order valence-corrected chi connectivity index (χ4v) is 2.01. The molecular formula is C13H12F3N3O2. The van der Waals surface area contributed by atoms with Crippen LogP contribution in [0.1, 0.15) is 33.1 Å². The van der Waals surface area contributed by atoms with Crippen molar-refractivity contribution in [3.63, 3.8) is 0 Å². The quantitative estimate of drug-likeness (QED) is 0.946. The Morgan fingerprint density at radius 2 is 1.86 bits per heavy atom. The maximum atomic E-state index is 13.0. The Morgan fingerprint density at radius 3 is 2.33 bits per heavy atom. The smallest absolute Gasteiger partial charge is 0.431 e. The fraction of sp³-hybridized carbons (Fsp3) is 0.308. The lowest BCUT2D eigenvalue weighted by atomic mass is 10.2. The van der Waals surface area contributed by atoms with E-state index in [0.29, 0.717) is 4.57 Å². The molecule has 0 aliphatic heterocycles. The average molecular weight is 299 g/mol. The molecule has 112 valence electrons. The first-order valence-corrected chi connectivity index (χ1v) is 5.98. The number of nitrogens with zero attached hydrogens (tertiary/aromatic N) is 3. The van der Waals surface area contributed by atoms with Crippen molar-refractivity contribution in [3.8, 4) is 0 Å². The Balaban J connectivity index is 2.54. The molecule has 0 atom stereocenters. The van der Waals surface area contributed by atoms with Crippen molar-refractivity contribution in [3.05, 3.63) is 46.8 Å². The standard InChI is InChI=1S/C13H12F3N3O2/c1-7-4-17-10(18-5-7)6-19-9(13(14,15)16)3-8(2)11(19)12(20)21/h3-5H,6H2,1-2H3,(H,20,21). The van der Waals surface area contributed by atoms with Gasteiger partial charge >= 0.3 is 12.1 Å². The molecule has 0 aromatic carbocycles. The summed E-state index contributed by atoms with van der Waals surface area (Å²) in [5.41, 5.74) is -0.632. The van der Waals surface area contributed by atoms with Gasteiger partial charge in [0.05, 0.1) is 6.54 Å². The second-order valence-electron chi connectivity index (χ2n) is 4.63. The van der Waals surface area contributed by atoms with Gasteiger partial charge in [0.1, 0.15) is 17.2 Å². The molecule has 0 saturated carbocycles. The van der Waals surface area contributed by atoms with Gasteiger partial charge in [0.15, 0.2) is 0 Å². The lowest BCUT2D eigenvalue weighted by molar-refractivity contribution is -0.143. The number of aryl methyl sites for hydroxylation is 2. The van der Waals surface area contributed by atoms with Gasteiger partial charge in [0, 0.05) is 12.4 Å². The summed E-state index contributed by atoms with van der Waals surface area (Å²) >= 11 is 0. The number of aromatic nitrogens is 3. The molecule has 0 fully saturated rings. The van der Waals surface area contributed by atoms with Crippen molar-refractivity contribution >= 4 is 5.97 Å². The maximum absolute atomic E-state index is 13.0. The van der Waals surface area contributed by atoms with Crippen LogP contribution in [0.3, 0.4) is 0 Å². The van der Waals surface area contributed by atoms with E-state index >= 15 is 0 Å². The molecule has 8 heteroatoms. The average Bonchev–Trinajstić information content (AvgIpc) is 2.69. The van der Waals surface area contributed by atoms with E-state index in [1.807, 2.05) is 0 Å². The second kappa shape index (κ2) is 5.19. The van der Waals surface area contributed by atoms with E-state index in [2.05, 4.69) is 9.97 Å². The first-order valence-electron chi connectivity index (χ1n) is 5.98. The predicted octanol–water partition coefficient (Wildman–Crippen LogP) is 2.66. The van der Waals surface area contributed by atoms with Gasteiger partial charge in [-0.1, -0.05) is 0 Å². The van der Waals surface area contributed by atoms with Crippen molar-refractivity contribution < 1.29 is 23.1 Å². The minimum atomic E-state index is -4.65. The third-order valence-electron chi connectivity index (χ3n) is 2.91. The summed E-state index contributed by atoms with van der Waals surface area (Å²) in [7, 11) is 0. The van der Waals surface area contributed by atoms with Crippen LogP contribution in [0.4, 0.5) is 13.2 Å². The SMILES string of the molecule is Cc1cnc(Cn2c(C(F)(F)F)cc(C)c2C(=O)O)nc1. The summed E-state index contributed by atoms with van der Waals surface area (Å²) < 4.78 is 39.7. The van der Waals surface area contributed by atoms with Gasteiger partial charge in [-0.3, -0.25) is 0 Å². The van der Waals surface area contributed by atoms with Crippen LogP contribution in [-0.4, -0.2) is 25.6 Å². The molecule has 2 aromatic heterocycles. The second-order valence-corrected chi connectivity index (χ2v) is 4.63. The minimum absolute atomic E-state index is 0.0435. The monoisotopic (exact) mass is 299 g/mol. The van der Waals surface area contributed by atoms with Crippen molar-refractivity contribution in [1.82, 2.24) is 14.5 Å². The van der Waals surface area contributed by atoms with Crippen molar-refractivity contribution in [1.29, 1.82) is 0 Å². The number of carbonyl (C=O) groups is 1. The van der Waals surface area contributed by atoms with Crippen LogP contribution in [-0.2, 0) is 12.7 Å². The lowest BCUT2D eigenvalue weighted by Gasteiger charge is -2.13. The van der Waals surface area contributed by atoms with Crippen molar-refractivity contribution in [2.45, 2.75) is 26.6 Å². The van der Waals surface area contributed by atoms with E-state index in [4.69, 9.17) is 5.11 Å². The van der Waals surface area contributed by atoms with Crippen LogP contribution in [0.5, 0.6) is 0 Å². The minimum Gasteiger partial charge on any atom is -0.477 e. The molecule has 0 unspecified atom stereocenters. The summed E-state index contributed by atoms with van der Waals surface area (Å²) in [5, 5.41) is 9.12. The van der Waals surface area contributed by atoms with Crippen LogP contribution < -0.4 is 0 Å². The first-order chi connectivity index (χ1) is 9.70. The van der Waals surface area contributed by atoms with Gasteiger partial charge in [-0.05, 0) is 31.0 Å². The maximum Gasteiger partial charge on any atom is 0.431 e. The van der Waals surface area contributed by atoms with E-state index in [0.717, 1.165) is 11.6 Å². The van der Waals surface area contributed by atoms with E-state index in [-0.39, 0.29) is 17.9 Å². The molecule has 0 spiro atoms. The molecule has 5 nitrogen and oxygen atoms in total. The number of carboxylic acids is 1. The fourth-order valence-electron chi connectivity index (χ4n) is 2.01. The summed E-state index contributed by atoms with van der Waals surface area (Å²) in [6.07, 6.45) is -1.72. The Kier molecular flexibility index (Phi) is 3.71. The van der Waals surface area contributed by atoms with Crippen molar-refractivity contribution in [2.75, 3.05) is 0 Å². The Bertz CT molecular complexity index is 675. The number of aromatic carboxylic acids is 1. The predicted molar refractivity (Wildman–Crippen MR) is 67.0 cm³/mol. The molecular weight excluding hydrogens is 287 g/mol. The molecule has 0 aliphatic rings. The summed E-state index contributed by atoms with van der Waals surface area (Å²) in [6, 6.07) is 0.817. The van der Waals surface area contributed by atoms with Crippen LogP contribution in [0.25, 0.3) is 0 Å². The van der Waals surface area contributed by atoms with Gasteiger partial charge < -0.3 is 9.67 Å². The molecule has 0 saturated heterocycles. The molecule has 0 radical (unpaired) electrons. The number of hydrogen-bond acceptors (Lipinski definition) is 3. The van der Waals surface area contributed by atoms with Gasteiger partial charge in [-0.15, -0.1) is 0 Å². The molecule has 2 rings (SSSR count). The largest absolute Gasteiger partial charge is 0.477 e. The molecule has 0 bridgehead atoms. The van der Waals surface area contributed by atoms with E-state index < -0.39 is 23.5 Å². The Morgan fingerprint density at radius 1 is 1.29 bits per heavy atom. The van der Waals surface area contributed by atoms with Crippen LogP contribution in [0, 0.1) is 13.8 Å². The van der Waals surface area contributed by atoms with E-state index in [1.165, 1.54) is 19.3 Å². The molecule has 1 N–H and O–H groups in total. The number of hydrogen-bond donors (Lipinski definition) is 1. The van der Waals surface area contributed by atoms with Crippen molar-refractivity contribution in [2.24, 2.45) is 0 Å². The number of alkyl halides is 3. The van der Waals surface area contributed by atoms with E-state index in [9.17, 15) is 18.0 Å². The highest BCUT2D eigenvalue weighted by atomic mass is 19.4. The third-order valence-corrected chi connectivity index (χ3v) is 2.91. The van der Waals surface area contributed by atoms with Crippen LogP contribution in [0.2, 0.25) is 0 Å². The zero-order chi connectivity index (χ0) is 15.8. The number of carboxylic acid groups (broad SMARTS) is 1. The molecule has 2 aromatic rings. The van der Waals surface area contributed by atoms with Crippen LogP contribution >= 0.6 is 0 Å². The van der Waals surface area contributed by atoms with Crippen LogP contribution in [0.15, 0.2) is 18.5 Å². The summed E-state index contributed by atoms with van der Waals surface area (Å²) in [5.74, 6) is -1.31. The highest BCUT2D eigenvalue weighted by molar-refractivity contribution is 5.88. The lowest BCUT2D eigenvalue weighted by Crippen LogP contribution is -2.19. The molecule has 0 amide bonds. The molecule has 21 heavy (non-hydrogen) atoms. The molecule has 0 aliphatic carbocycles. The first kappa shape index (κ1) is 15.0. The van der Waals surface area contributed by atoms with Gasteiger partial charge in [0.2, 0.25) is 0 Å². The zero-order valence-electron chi connectivity index (χ0n) is 11.3. The van der Waals surface area contributed by atoms with Gasteiger partial charge in [0.25, 0.3) is 0 Å². The third kappa shape index (κ3) is 3.04. The highest BCUT2D eigenvalue weighted by Crippen LogP contribution is 2.33. The normalized spacial score (nSPS) is 11.7. The molecule has 2 heterocycles. The number of rotatable bonds is 3. The zero-order valence-corrected chi connectivity index (χ0v) is 11.3. The topological polar surface area (TPSA) is 68.0 Å². The number of halogens is 3. The van der Waals surface area contributed by atoms with E-state index in [1.54, 1.807) is 6.92 Å². The Labute approximate surface area is 118 Å². The summed E-state index contributed by atoms with van der Waals surface area (Å²) in [4.78, 5) is 19.0. The summed E-state index contributed by atoms with van der Waals surface area (Å²) in [6.45, 7) is 2.71. The highest BCUT2D eigenvalue weighted by Gasteiger charge is 2.37.